The van der Waals surface area contributed by atoms with Crippen LogP contribution in [0.15, 0.2) is 0 Å². The third kappa shape index (κ3) is 7.93. The molecule has 0 aliphatic rings. The van der Waals surface area contributed by atoms with E-state index in [9.17, 15) is 9.59 Å². The molecule has 1 unspecified atom stereocenters. The van der Waals surface area contributed by atoms with Gasteiger partial charge in [0.25, 0.3) is 0 Å². The molecule has 4 N–H and O–H groups in total. The zero-order chi connectivity index (χ0) is 11.7. The first-order valence-corrected chi connectivity index (χ1v) is 5.37. The van der Waals surface area contributed by atoms with Crippen molar-refractivity contribution < 1.29 is 9.59 Å². The molecule has 0 rings (SSSR count). The van der Waals surface area contributed by atoms with Crippen LogP contribution in [0.3, 0.4) is 0 Å². The van der Waals surface area contributed by atoms with Gasteiger partial charge in [-0.2, -0.15) is 0 Å². The highest BCUT2D eigenvalue weighted by Gasteiger charge is 2.11. The summed E-state index contributed by atoms with van der Waals surface area (Å²) in [6.07, 6.45) is 3.24. The smallest absolute Gasteiger partial charge is 0.236 e. The van der Waals surface area contributed by atoms with Gasteiger partial charge in [-0.05, 0) is 13.3 Å². The second-order valence-corrected chi connectivity index (χ2v) is 3.57. The molecular weight excluding hydrogens is 194 g/mol. The van der Waals surface area contributed by atoms with Gasteiger partial charge in [0.05, 0.1) is 12.6 Å². The number of amides is 2. The number of hydrogen-bond donors (Lipinski definition) is 3. The summed E-state index contributed by atoms with van der Waals surface area (Å²) in [5.41, 5.74) is 4.95. The zero-order valence-corrected chi connectivity index (χ0v) is 9.51. The van der Waals surface area contributed by atoms with Crippen LogP contribution < -0.4 is 16.4 Å². The van der Waals surface area contributed by atoms with E-state index in [4.69, 9.17) is 5.73 Å². The molecule has 0 spiro atoms. The molecular formula is C10H21N3O2. The molecule has 0 saturated carbocycles. The predicted octanol–water partition coefficient (Wildman–Crippen LogP) is -0.244. The van der Waals surface area contributed by atoms with Gasteiger partial charge >= 0.3 is 0 Å². The van der Waals surface area contributed by atoms with E-state index in [1.807, 2.05) is 0 Å². The van der Waals surface area contributed by atoms with Crippen molar-refractivity contribution in [1.29, 1.82) is 0 Å². The van der Waals surface area contributed by atoms with Gasteiger partial charge in [-0.1, -0.05) is 19.8 Å². The number of carbonyl (C=O) groups excluding carboxylic acids is 2. The topological polar surface area (TPSA) is 84.2 Å². The fourth-order valence-corrected chi connectivity index (χ4v) is 1.09. The van der Waals surface area contributed by atoms with Crippen molar-refractivity contribution in [2.75, 3.05) is 13.1 Å². The molecule has 0 saturated heterocycles. The minimum atomic E-state index is -0.458. The first-order valence-electron chi connectivity index (χ1n) is 5.37. The lowest BCUT2D eigenvalue weighted by Gasteiger charge is -2.12. The molecule has 0 aliphatic carbocycles. The number of nitrogens with two attached hydrogens (primary N) is 1. The molecule has 1 atom stereocenters. The highest BCUT2D eigenvalue weighted by atomic mass is 16.2. The Morgan fingerprint density at radius 1 is 1.33 bits per heavy atom. The van der Waals surface area contributed by atoms with Gasteiger partial charge < -0.3 is 11.1 Å². The Balaban J connectivity index is 3.55. The largest absolute Gasteiger partial charge is 0.369 e. The first-order chi connectivity index (χ1) is 7.07. The van der Waals surface area contributed by atoms with Gasteiger partial charge in [0.15, 0.2) is 0 Å². The maximum Gasteiger partial charge on any atom is 0.236 e. The normalized spacial score (nSPS) is 12.1. The van der Waals surface area contributed by atoms with Gasteiger partial charge in [-0.25, -0.2) is 0 Å². The number of nitrogens with one attached hydrogen (secondary N) is 2. The van der Waals surface area contributed by atoms with Crippen LogP contribution in [0, 0.1) is 0 Å². The average Bonchev–Trinajstić information content (AvgIpc) is 2.20. The van der Waals surface area contributed by atoms with Crippen molar-refractivity contribution in [1.82, 2.24) is 10.6 Å². The molecule has 0 bridgehead atoms. The standard InChI is InChI=1S/C10H21N3O2/c1-3-4-5-6-12-10(15)8(2)13-7-9(11)14/h8,13H,3-7H2,1-2H3,(H2,11,14)(H,12,15). The molecule has 88 valence electrons. The van der Waals surface area contributed by atoms with Crippen molar-refractivity contribution in [2.24, 2.45) is 5.73 Å². The second-order valence-electron chi connectivity index (χ2n) is 3.57. The SMILES string of the molecule is CCCCCNC(=O)C(C)NCC(N)=O. The van der Waals surface area contributed by atoms with Crippen LogP contribution in [0.5, 0.6) is 0 Å². The lowest BCUT2D eigenvalue weighted by Crippen LogP contribution is -2.45. The molecule has 5 heteroatoms. The molecule has 0 fully saturated rings. The van der Waals surface area contributed by atoms with Crippen LogP contribution in [0.4, 0.5) is 0 Å². The number of primary amides is 1. The van der Waals surface area contributed by atoms with Gasteiger partial charge in [0.2, 0.25) is 11.8 Å². The third-order valence-corrected chi connectivity index (χ3v) is 2.06. The first kappa shape index (κ1) is 13.9. The monoisotopic (exact) mass is 215 g/mol. The number of rotatable bonds is 8. The summed E-state index contributed by atoms with van der Waals surface area (Å²) in [4.78, 5) is 21.8. The highest BCUT2D eigenvalue weighted by molar-refractivity contribution is 5.82. The van der Waals surface area contributed by atoms with Gasteiger partial charge in [0, 0.05) is 6.54 Å². The number of unbranched alkanes of at least 4 members (excludes halogenated alkanes) is 2. The van der Waals surface area contributed by atoms with Crippen molar-refractivity contribution >= 4 is 11.8 Å². The summed E-state index contributed by atoms with van der Waals surface area (Å²) in [5, 5.41) is 5.52. The maximum atomic E-state index is 11.4. The van der Waals surface area contributed by atoms with E-state index in [-0.39, 0.29) is 18.5 Å². The minimum Gasteiger partial charge on any atom is -0.369 e. The number of carbonyl (C=O) groups is 2. The Hall–Kier alpha value is -1.10. The Kier molecular flexibility index (Phi) is 7.62. The van der Waals surface area contributed by atoms with Crippen LogP contribution in [0.2, 0.25) is 0 Å². The van der Waals surface area contributed by atoms with Crippen LogP contribution in [0.1, 0.15) is 33.1 Å². The van der Waals surface area contributed by atoms with E-state index in [1.165, 1.54) is 0 Å². The van der Waals surface area contributed by atoms with Crippen molar-refractivity contribution in [3.63, 3.8) is 0 Å². The van der Waals surface area contributed by atoms with Crippen LogP contribution in [-0.2, 0) is 9.59 Å². The molecule has 0 aliphatic heterocycles. The summed E-state index contributed by atoms with van der Waals surface area (Å²) in [6, 6.07) is -0.376. The van der Waals surface area contributed by atoms with E-state index in [1.54, 1.807) is 6.92 Å². The molecule has 0 aromatic carbocycles. The van der Waals surface area contributed by atoms with Gasteiger partial charge in [-0.15, -0.1) is 0 Å². The van der Waals surface area contributed by atoms with E-state index < -0.39 is 5.91 Å². The average molecular weight is 215 g/mol. The zero-order valence-electron chi connectivity index (χ0n) is 9.51. The van der Waals surface area contributed by atoms with Gasteiger partial charge in [-0.3, -0.25) is 14.9 Å². The third-order valence-electron chi connectivity index (χ3n) is 2.06. The minimum absolute atomic E-state index is 0.0313. The fraction of sp³-hybridized carbons (Fsp3) is 0.800. The summed E-state index contributed by atoms with van der Waals surface area (Å²) in [5.74, 6) is -0.548. The van der Waals surface area contributed by atoms with Gasteiger partial charge in [0.1, 0.15) is 0 Å². The van der Waals surface area contributed by atoms with E-state index in [0.29, 0.717) is 6.54 Å². The Labute approximate surface area is 90.8 Å². The number of hydrogen-bond acceptors (Lipinski definition) is 3. The van der Waals surface area contributed by atoms with E-state index in [0.717, 1.165) is 19.3 Å². The molecule has 5 nitrogen and oxygen atoms in total. The van der Waals surface area contributed by atoms with Crippen LogP contribution in [-0.4, -0.2) is 30.9 Å². The maximum absolute atomic E-state index is 11.4. The van der Waals surface area contributed by atoms with Crippen molar-refractivity contribution in [3.8, 4) is 0 Å². The van der Waals surface area contributed by atoms with Crippen LogP contribution in [0.25, 0.3) is 0 Å². The molecule has 0 aromatic rings. The second kappa shape index (κ2) is 8.23. The van der Waals surface area contributed by atoms with Crippen LogP contribution >= 0.6 is 0 Å². The summed E-state index contributed by atoms with van der Waals surface area (Å²) in [7, 11) is 0. The molecule has 0 aromatic heterocycles. The molecule has 2 amide bonds. The van der Waals surface area contributed by atoms with E-state index in [2.05, 4.69) is 17.6 Å². The van der Waals surface area contributed by atoms with Crippen molar-refractivity contribution in [2.45, 2.75) is 39.2 Å². The lowest BCUT2D eigenvalue weighted by atomic mass is 10.2. The Morgan fingerprint density at radius 3 is 2.53 bits per heavy atom. The molecule has 15 heavy (non-hydrogen) atoms. The quantitative estimate of drug-likeness (QED) is 0.488. The van der Waals surface area contributed by atoms with E-state index >= 15 is 0 Å². The fourth-order valence-electron chi connectivity index (χ4n) is 1.09. The Bertz CT molecular complexity index is 207. The Morgan fingerprint density at radius 2 is 2.00 bits per heavy atom. The van der Waals surface area contributed by atoms with Crippen molar-refractivity contribution in [3.05, 3.63) is 0 Å². The molecule has 0 heterocycles. The summed E-state index contributed by atoms with van der Waals surface area (Å²) >= 11 is 0. The summed E-state index contributed by atoms with van der Waals surface area (Å²) < 4.78 is 0. The lowest BCUT2D eigenvalue weighted by molar-refractivity contribution is -0.123. The summed E-state index contributed by atoms with van der Waals surface area (Å²) in [6.45, 7) is 4.54. The highest BCUT2D eigenvalue weighted by Crippen LogP contribution is 1.91. The predicted molar refractivity (Wildman–Crippen MR) is 59.2 cm³/mol. The molecule has 0 radical (unpaired) electrons.